The molecule has 1 saturated carbocycles. The van der Waals surface area contributed by atoms with E-state index in [0.29, 0.717) is 24.0 Å². The van der Waals surface area contributed by atoms with Crippen molar-refractivity contribution in [2.75, 3.05) is 37.8 Å². The molecule has 4 amide bonds. The molecule has 2 aliphatic heterocycles. The second-order valence-corrected chi connectivity index (χ2v) is 9.36. The van der Waals surface area contributed by atoms with Crippen molar-refractivity contribution < 1.29 is 19.2 Å². The Morgan fingerprint density at radius 3 is 1.71 bits per heavy atom. The highest BCUT2D eigenvalue weighted by Crippen LogP contribution is 2.30. The Balaban J connectivity index is 0.000000165. The van der Waals surface area contributed by atoms with Crippen LogP contribution in [0.15, 0.2) is 36.4 Å². The Hall–Kier alpha value is -3.68. The van der Waals surface area contributed by atoms with Crippen LogP contribution in [0.4, 0.5) is 11.4 Å². The summed E-state index contributed by atoms with van der Waals surface area (Å²) in [7, 11) is 3.06. The number of likely N-dealkylation sites (N-methyl/N-ethyl adjacent to an activating group) is 2. The lowest BCUT2D eigenvalue weighted by Crippen LogP contribution is -2.39. The van der Waals surface area contributed by atoms with Crippen LogP contribution in [0.1, 0.15) is 58.0 Å². The van der Waals surface area contributed by atoms with E-state index in [0.717, 1.165) is 47.9 Å². The molecule has 0 atom stereocenters. The van der Waals surface area contributed by atoms with Crippen LogP contribution >= 0.6 is 0 Å². The molecule has 0 aromatic heterocycles. The Morgan fingerprint density at radius 1 is 0.771 bits per heavy atom. The fourth-order valence-electron chi connectivity index (χ4n) is 4.12. The Bertz CT molecular complexity index is 1170. The maximum atomic E-state index is 11.9. The van der Waals surface area contributed by atoms with E-state index in [4.69, 9.17) is 0 Å². The molecule has 8 nitrogen and oxygen atoms in total. The molecule has 3 aliphatic rings. The Labute approximate surface area is 205 Å². The summed E-state index contributed by atoms with van der Waals surface area (Å²) in [6.45, 7) is 3.97. The second-order valence-electron chi connectivity index (χ2n) is 9.36. The van der Waals surface area contributed by atoms with Crippen molar-refractivity contribution in [3.8, 4) is 0 Å². The number of imide groups is 2. The summed E-state index contributed by atoms with van der Waals surface area (Å²) >= 11 is 0. The number of benzene rings is 2. The summed E-state index contributed by atoms with van der Waals surface area (Å²) in [5.41, 5.74) is 4.91. The van der Waals surface area contributed by atoms with Crippen LogP contribution < -0.4 is 10.6 Å². The Morgan fingerprint density at radius 2 is 1.26 bits per heavy atom. The van der Waals surface area contributed by atoms with E-state index in [9.17, 15) is 19.2 Å². The summed E-state index contributed by atoms with van der Waals surface area (Å²) in [4.78, 5) is 49.3. The predicted molar refractivity (Wildman–Crippen MR) is 134 cm³/mol. The Kier molecular flexibility index (Phi) is 7.19. The fraction of sp³-hybridized carbons (Fsp3) is 0.407. The van der Waals surface area contributed by atoms with Gasteiger partial charge in [0.1, 0.15) is 0 Å². The SMILES string of the molecule is CCCNc1ccc2c(c1)CC(=O)N(C)C2=O.CN1C(=O)Cc2cc(NCC3CC3)ccc2C1=O. The third kappa shape index (κ3) is 5.53. The van der Waals surface area contributed by atoms with E-state index in [1.165, 1.54) is 36.7 Å². The van der Waals surface area contributed by atoms with Gasteiger partial charge in [-0.15, -0.1) is 0 Å². The maximum absolute atomic E-state index is 11.9. The van der Waals surface area contributed by atoms with Gasteiger partial charge in [-0.25, -0.2) is 0 Å². The van der Waals surface area contributed by atoms with E-state index in [1.54, 1.807) is 6.07 Å². The molecule has 0 radical (unpaired) electrons. The van der Waals surface area contributed by atoms with Crippen molar-refractivity contribution in [1.82, 2.24) is 9.80 Å². The minimum atomic E-state index is -0.210. The van der Waals surface area contributed by atoms with Gasteiger partial charge in [-0.3, -0.25) is 29.0 Å². The number of amides is 4. The molecule has 2 aromatic rings. The normalized spacial score (nSPS) is 16.9. The van der Waals surface area contributed by atoms with Crippen LogP contribution in [-0.2, 0) is 22.4 Å². The number of nitrogens with one attached hydrogen (secondary N) is 2. The van der Waals surface area contributed by atoms with Crippen molar-refractivity contribution >= 4 is 35.0 Å². The maximum Gasteiger partial charge on any atom is 0.260 e. The van der Waals surface area contributed by atoms with Gasteiger partial charge in [0.15, 0.2) is 0 Å². The van der Waals surface area contributed by atoms with Crippen molar-refractivity contribution in [2.45, 2.75) is 39.0 Å². The number of rotatable bonds is 6. The number of hydrogen-bond donors (Lipinski definition) is 2. The molecule has 0 bridgehead atoms. The zero-order chi connectivity index (χ0) is 25.1. The van der Waals surface area contributed by atoms with Gasteiger partial charge >= 0.3 is 0 Å². The molecule has 1 fully saturated rings. The lowest BCUT2D eigenvalue weighted by molar-refractivity contribution is -0.128. The highest BCUT2D eigenvalue weighted by molar-refractivity contribution is 6.10. The summed E-state index contributed by atoms with van der Waals surface area (Å²) in [5.74, 6) is 0.116. The molecule has 0 saturated heterocycles. The largest absolute Gasteiger partial charge is 0.385 e. The number of nitrogens with zero attached hydrogens (tertiary/aromatic N) is 2. The molecule has 8 heteroatoms. The first-order valence-electron chi connectivity index (χ1n) is 12.1. The standard InChI is InChI=1S/C14H16N2O2.C13H16N2O2/c1-16-13(17)7-10-6-11(15-8-9-2-3-9)4-5-12(10)14(16)18;1-3-6-14-10-4-5-11-9(7-10)8-12(16)15(2)13(11)17/h4-6,9,15H,2-3,7-8H2,1H3;4-5,7,14H,3,6,8H2,1-2H3. The molecule has 0 spiro atoms. The van der Waals surface area contributed by atoms with E-state index in [2.05, 4.69) is 17.6 Å². The zero-order valence-corrected chi connectivity index (χ0v) is 20.5. The number of fused-ring (bicyclic) bond motifs is 2. The molecule has 2 N–H and O–H groups in total. The van der Waals surface area contributed by atoms with Crippen molar-refractivity contribution in [3.05, 3.63) is 58.7 Å². The van der Waals surface area contributed by atoms with E-state index >= 15 is 0 Å². The van der Waals surface area contributed by atoms with E-state index < -0.39 is 0 Å². The highest BCUT2D eigenvalue weighted by Gasteiger charge is 2.29. The summed E-state index contributed by atoms with van der Waals surface area (Å²) in [6.07, 6.45) is 4.27. The quantitative estimate of drug-likeness (QED) is 0.621. The molecule has 184 valence electrons. The van der Waals surface area contributed by atoms with Crippen LogP contribution in [0.2, 0.25) is 0 Å². The summed E-state index contributed by atoms with van der Waals surface area (Å²) < 4.78 is 0. The van der Waals surface area contributed by atoms with Crippen molar-refractivity contribution in [1.29, 1.82) is 0 Å². The monoisotopic (exact) mass is 476 g/mol. The molecule has 2 aromatic carbocycles. The molecular formula is C27H32N4O4. The van der Waals surface area contributed by atoms with Gasteiger partial charge in [0, 0.05) is 49.7 Å². The van der Waals surface area contributed by atoms with Crippen LogP contribution in [0.3, 0.4) is 0 Å². The summed E-state index contributed by atoms with van der Waals surface area (Å²) in [6, 6.07) is 11.2. The minimum absolute atomic E-state index is 0.133. The molecular weight excluding hydrogens is 444 g/mol. The van der Waals surface area contributed by atoms with Gasteiger partial charge in [-0.1, -0.05) is 6.92 Å². The van der Waals surface area contributed by atoms with Crippen LogP contribution in [0.5, 0.6) is 0 Å². The highest BCUT2D eigenvalue weighted by atomic mass is 16.2. The van der Waals surface area contributed by atoms with Gasteiger partial charge in [0.05, 0.1) is 12.8 Å². The van der Waals surface area contributed by atoms with Gasteiger partial charge in [-0.2, -0.15) is 0 Å². The zero-order valence-electron chi connectivity index (χ0n) is 20.5. The third-order valence-corrected chi connectivity index (χ3v) is 6.58. The molecule has 0 unspecified atom stereocenters. The first-order chi connectivity index (χ1) is 16.8. The minimum Gasteiger partial charge on any atom is -0.385 e. The first kappa shape index (κ1) is 24.4. The predicted octanol–water partition coefficient (Wildman–Crippen LogP) is 3.33. The number of carbonyl (C=O) groups excluding carboxylic acids is 4. The van der Waals surface area contributed by atoms with Crippen molar-refractivity contribution in [3.63, 3.8) is 0 Å². The average molecular weight is 477 g/mol. The summed E-state index contributed by atoms with van der Waals surface area (Å²) in [5, 5.41) is 6.61. The van der Waals surface area contributed by atoms with Gasteiger partial charge in [0.2, 0.25) is 11.8 Å². The lowest BCUT2D eigenvalue weighted by Gasteiger charge is -2.23. The lowest BCUT2D eigenvalue weighted by atomic mass is 9.98. The smallest absolute Gasteiger partial charge is 0.260 e. The van der Waals surface area contributed by atoms with Crippen molar-refractivity contribution in [2.24, 2.45) is 5.92 Å². The van der Waals surface area contributed by atoms with E-state index in [1.807, 2.05) is 30.3 Å². The molecule has 5 rings (SSSR count). The first-order valence-corrected chi connectivity index (χ1v) is 12.1. The van der Waals surface area contributed by atoms with Crippen LogP contribution in [0, 0.1) is 5.92 Å². The van der Waals surface area contributed by atoms with Gasteiger partial charge in [0.25, 0.3) is 11.8 Å². The van der Waals surface area contributed by atoms with Crippen LogP contribution in [-0.4, -0.2) is 60.6 Å². The van der Waals surface area contributed by atoms with E-state index in [-0.39, 0.29) is 23.6 Å². The number of hydrogen-bond acceptors (Lipinski definition) is 6. The molecule has 2 heterocycles. The fourth-order valence-corrected chi connectivity index (χ4v) is 4.12. The van der Waals surface area contributed by atoms with Crippen LogP contribution in [0.25, 0.3) is 0 Å². The van der Waals surface area contributed by atoms with Gasteiger partial charge < -0.3 is 10.6 Å². The molecule has 35 heavy (non-hydrogen) atoms. The average Bonchev–Trinajstić information content (AvgIpc) is 3.68. The van der Waals surface area contributed by atoms with Gasteiger partial charge in [-0.05, 0) is 72.7 Å². The second kappa shape index (κ2) is 10.3. The number of carbonyl (C=O) groups is 4. The number of anilines is 2. The third-order valence-electron chi connectivity index (χ3n) is 6.58. The topological polar surface area (TPSA) is 98.8 Å². The molecule has 1 aliphatic carbocycles.